The molecule has 1 unspecified atom stereocenters. The lowest BCUT2D eigenvalue weighted by atomic mass is 10.2. The van der Waals surface area contributed by atoms with Crippen LogP contribution in [-0.4, -0.2) is 157 Å². The number of amides is 1. The van der Waals surface area contributed by atoms with Crippen LogP contribution < -0.4 is 5.32 Å². The van der Waals surface area contributed by atoms with Crippen LogP contribution in [0.1, 0.15) is 74.3 Å². The molecule has 1 aromatic rings. The zero-order chi connectivity index (χ0) is 41.2. The Balaban J connectivity index is 2.37. The van der Waals surface area contributed by atoms with Gasteiger partial charge in [0.05, 0.1) is 52.6 Å². The van der Waals surface area contributed by atoms with Gasteiger partial charge in [0.25, 0.3) is 0 Å². The first kappa shape index (κ1) is 47.5. The fraction of sp³-hybridized carbons (Fsp3) is 0.718. The van der Waals surface area contributed by atoms with Crippen molar-refractivity contribution in [1.82, 2.24) is 20.0 Å². The first-order valence-corrected chi connectivity index (χ1v) is 18.8. The zero-order valence-electron chi connectivity index (χ0n) is 34.2. The number of esters is 3. The number of nitrogens with one attached hydrogen (secondary N) is 1. The highest BCUT2D eigenvalue weighted by atomic mass is 16.7. The van der Waals surface area contributed by atoms with Crippen molar-refractivity contribution in [2.24, 2.45) is 0 Å². The van der Waals surface area contributed by atoms with E-state index in [2.05, 4.69) is 5.32 Å². The smallest absolute Gasteiger partial charge is 0.320 e. The van der Waals surface area contributed by atoms with E-state index in [1.807, 2.05) is 30.3 Å². The van der Waals surface area contributed by atoms with Crippen LogP contribution in [0, 0.1) is 0 Å². The monoisotopic (exact) mass is 780 g/mol. The molecule has 1 atom stereocenters. The number of nitrogens with zero attached hydrogens (tertiary/aromatic N) is 3. The van der Waals surface area contributed by atoms with E-state index < -0.39 is 65.5 Å². The minimum absolute atomic E-state index is 0.0751. The molecule has 0 aliphatic carbocycles. The quantitative estimate of drug-likeness (QED) is 0.122. The third-order valence-electron chi connectivity index (χ3n) is 7.59. The van der Waals surface area contributed by atoms with Gasteiger partial charge in [0, 0.05) is 39.1 Å². The Kier molecular flexibility index (Phi) is 19.7. The summed E-state index contributed by atoms with van der Waals surface area (Å²) < 4.78 is 33.8. The van der Waals surface area contributed by atoms with Crippen LogP contribution in [0.5, 0.6) is 0 Å². The van der Waals surface area contributed by atoms with Gasteiger partial charge in [0.1, 0.15) is 22.8 Å². The van der Waals surface area contributed by atoms with Crippen molar-refractivity contribution in [2.45, 2.75) is 104 Å². The lowest BCUT2D eigenvalue weighted by molar-refractivity contribution is -0.159. The average molecular weight is 781 g/mol. The molecule has 0 spiro atoms. The van der Waals surface area contributed by atoms with Crippen molar-refractivity contribution in [3.05, 3.63) is 35.9 Å². The normalized spacial score (nSPS) is 14.6. The average Bonchev–Trinajstić information content (AvgIpc) is 3.55. The topological polar surface area (TPSA) is 183 Å². The SMILES string of the molecule is CC(C)(C)OC(=O)CN(CCN(CC(=O)O)CC(=O)OC(C)(C)C)CCN(CC(=O)OC(C)(C)C)C(COCc1ccccc1)C(=O)NCCC1OCCO1. The third kappa shape index (κ3) is 22.5. The summed E-state index contributed by atoms with van der Waals surface area (Å²) in [7, 11) is 0. The van der Waals surface area contributed by atoms with Crippen LogP contribution >= 0.6 is 0 Å². The molecular weight excluding hydrogens is 716 g/mol. The molecule has 0 bridgehead atoms. The summed E-state index contributed by atoms with van der Waals surface area (Å²) in [6.07, 6.45) is -0.00164. The van der Waals surface area contributed by atoms with Crippen LogP contribution in [-0.2, 0) is 59.0 Å². The number of benzene rings is 1. The Hall–Kier alpha value is -3.67. The van der Waals surface area contributed by atoms with Crippen molar-refractivity contribution in [1.29, 1.82) is 0 Å². The maximum atomic E-state index is 13.9. The minimum atomic E-state index is -1.14. The molecular formula is C39H64N4O12. The molecule has 0 aromatic heterocycles. The van der Waals surface area contributed by atoms with E-state index in [1.54, 1.807) is 72.1 Å². The van der Waals surface area contributed by atoms with Crippen molar-refractivity contribution < 1.29 is 57.5 Å². The van der Waals surface area contributed by atoms with E-state index in [4.69, 9.17) is 28.4 Å². The summed E-state index contributed by atoms with van der Waals surface area (Å²) in [6, 6.07) is 8.51. The zero-order valence-corrected chi connectivity index (χ0v) is 34.2. The minimum Gasteiger partial charge on any atom is -0.480 e. The molecule has 2 N–H and O–H groups in total. The van der Waals surface area contributed by atoms with Crippen LogP contribution in [0.3, 0.4) is 0 Å². The Bertz CT molecular complexity index is 1350. The Labute approximate surface area is 326 Å². The molecule has 312 valence electrons. The second kappa shape index (κ2) is 22.8. The van der Waals surface area contributed by atoms with Crippen LogP contribution in [0.25, 0.3) is 0 Å². The number of carbonyl (C=O) groups excluding carboxylic acids is 4. The number of carboxylic acid groups (broad SMARTS) is 1. The summed E-state index contributed by atoms with van der Waals surface area (Å²) in [6.45, 7) is 16.3. The highest BCUT2D eigenvalue weighted by Gasteiger charge is 2.31. The van der Waals surface area contributed by atoms with Crippen LogP contribution in [0.15, 0.2) is 30.3 Å². The summed E-state index contributed by atoms with van der Waals surface area (Å²) in [5.41, 5.74) is -1.43. The molecule has 1 saturated heterocycles. The molecule has 0 radical (unpaired) electrons. The summed E-state index contributed by atoms with van der Waals surface area (Å²) in [4.78, 5) is 69.5. The van der Waals surface area contributed by atoms with Crippen molar-refractivity contribution >= 4 is 29.8 Å². The predicted octanol–water partition coefficient (Wildman–Crippen LogP) is 2.47. The molecule has 1 heterocycles. The second-order valence-corrected chi connectivity index (χ2v) is 16.4. The van der Waals surface area contributed by atoms with E-state index in [0.29, 0.717) is 19.6 Å². The molecule has 1 amide bonds. The van der Waals surface area contributed by atoms with Gasteiger partial charge in [-0.05, 0) is 67.9 Å². The molecule has 55 heavy (non-hydrogen) atoms. The van der Waals surface area contributed by atoms with E-state index in [-0.39, 0.29) is 65.6 Å². The Morgan fingerprint density at radius 2 is 1.22 bits per heavy atom. The van der Waals surface area contributed by atoms with Gasteiger partial charge in [-0.15, -0.1) is 0 Å². The molecule has 2 rings (SSSR count). The highest BCUT2D eigenvalue weighted by Crippen LogP contribution is 2.13. The molecule has 1 aromatic carbocycles. The second-order valence-electron chi connectivity index (χ2n) is 16.4. The van der Waals surface area contributed by atoms with E-state index in [1.165, 1.54) is 4.90 Å². The number of rotatable bonds is 23. The number of hydrogen-bond donors (Lipinski definition) is 2. The van der Waals surface area contributed by atoms with Gasteiger partial charge in [0.2, 0.25) is 5.91 Å². The van der Waals surface area contributed by atoms with Crippen molar-refractivity contribution in [3.8, 4) is 0 Å². The first-order valence-electron chi connectivity index (χ1n) is 18.8. The molecule has 0 saturated carbocycles. The standard InChI is InChI=1S/C39H64N4O12/c1-37(2,3)53-32(46)24-41(17-18-42(23-31(44)45)25-33(47)54-38(4,5)6)19-20-43(26-34(48)55-39(7,8)9)30(28-50-27-29-13-11-10-12-14-29)36(49)40-16-15-35-51-21-22-52-35/h10-14,30,35H,15-28H2,1-9H3,(H,40,49)(H,44,45). The lowest BCUT2D eigenvalue weighted by Crippen LogP contribution is -2.54. The van der Waals surface area contributed by atoms with Gasteiger partial charge in [-0.25, -0.2) is 0 Å². The van der Waals surface area contributed by atoms with Crippen LogP contribution in [0.2, 0.25) is 0 Å². The maximum absolute atomic E-state index is 13.9. The van der Waals surface area contributed by atoms with Crippen molar-refractivity contribution in [2.75, 3.05) is 78.7 Å². The van der Waals surface area contributed by atoms with E-state index in [0.717, 1.165) is 5.56 Å². The summed E-state index contributed by atoms with van der Waals surface area (Å²) in [5.74, 6) is -3.21. The molecule has 1 aliphatic rings. The van der Waals surface area contributed by atoms with Crippen molar-refractivity contribution in [3.63, 3.8) is 0 Å². The number of hydrogen-bond acceptors (Lipinski definition) is 14. The van der Waals surface area contributed by atoms with Gasteiger partial charge in [0.15, 0.2) is 6.29 Å². The molecule has 1 fully saturated rings. The van der Waals surface area contributed by atoms with Gasteiger partial charge in [-0.3, -0.25) is 38.7 Å². The van der Waals surface area contributed by atoms with E-state index >= 15 is 0 Å². The number of aliphatic carboxylic acids is 1. The Morgan fingerprint density at radius 3 is 1.75 bits per heavy atom. The number of carboxylic acids is 1. The largest absolute Gasteiger partial charge is 0.480 e. The van der Waals surface area contributed by atoms with E-state index in [9.17, 15) is 29.1 Å². The summed E-state index contributed by atoms with van der Waals surface area (Å²) >= 11 is 0. The molecule has 1 aliphatic heterocycles. The molecule has 16 heteroatoms. The van der Waals surface area contributed by atoms with Gasteiger partial charge >= 0.3 is 23.9 Å². The summed E-state index contributed by atoms with van der Waals surface area (Å²) in [5, 5.41) is 12.5. The number of ether oxygens (including phenoxy) is 6. The third-order valence-corrected chi connectivity index (χ3v) is 7.59. The fourth-order valence-corrected chi connectivity index (χ4v) is 5.44. The van der Waals surface area contributed by atoms with Crippen LogP contribution in [0.4, 0.5) is 0 Å². The fourth-order valence-electron chi connectivity index (χ4n) is 5.44. The Morgan fingerprint density at radius 1 is 0.727 bits per heavy atom. The van der Waals surface area contributed by atoms with Gasteiger partial charge < -0.3 is 38.8 Å². The lowest BCUT2D eigenvalue weighted by Gasteiger charge is -2.34. The van der Waals surface area contributed by atoms with Gasteiger partial charge in [-0.2, -0.15) is 0 Å². The highest BCUT2D eigenvalue weighted by molar-refractivity contribution is 5.83. The maximum Gasteiger partial charge on any atom is 0.320 e. The van der Waals surface area contributed by atoms with Gasteiger partial charge in [-0.1, -0.05) is 30.3 Å². The predicted molar refractivity (Wildman–Crippen MR) is 203 cm³/mol. The first-order chi connectivity index (χ1) is 25.6. The number of carbonyl (C=O) groups is 5. The molecule has 16 nitrogen and oxygen atoms in total.